The monoisotopic (exact) mass is 212 g/mol. The van der Waals surface area contributed by atoms with Gasteiger partial charge in [0, 0.05) is 19.3 Å². The lowest BCUT2D eigenvalue weighted by Crippen LogP contribution is -2.23. The molecule has 1 atom stereocenters. The Morgan fingerprint density at radius 1 is 1.40 bits per heavy atom. The van der Waals surface area contributed by atoms with Gasteiger partial charge in [0.2, 0.25) is 0 Å². The Morgan fingerprint density at radius 3 is 2.67 bits per heavy atom. The minimum absolute atomic E-state index is 0.348. The first kappa shape index (κ1) is 12.1. The van der Waals surface area contributed by atoms with Gasteiger partial charge < -0.3 is 9.84 Å². The van der Waals surface area contributed by atoms with Crippen LogP contribution in [-0.2, 0) is 10.3 Å². The van der Waals surface area contributed by atoms with Crippen molar-refractivity contribution in [3.05, 3.63) is 35.6 Å². The molecule has 3 heteroatoms. The van der Waals surface area contributed by atoms with Gasteiger partial charge >= 0.3 is 0 Å². The normalized spacial score (nSPS) is 14.9. The quantitative estimate of drug-likeness (QED) is 0.760. The van der Waals surface area contributed by atoms with Crippen LogP contribution in [0.3, 0.4) is 0 Å². The molecule has 1 rings (SSSR count). The van der Waals surface area contributed by atoms with E-state index in [4.69, 9.17) is 4.74 Å². The third kappa shape index (κ3) is 3.29. The van der Waals surface area contributed by atoms with Gasteiger partial charge in [-0.15, -0.1) is 0 Å². The summed E-state index contributed by atoms with van der Waals surface area (Å²) in [4.78, 5) is 0. The lowest BCUT2D eigenvalue weighted by Gasteiger charge is -2.24. The van der Waals surface area contributed by atoms with E-state index in [1.165, 1.54) is 6.07 Å². The molecule has 0 aliphatic rings. The van der Waals surface area contributed by atoms with Crippen molar-refractivity contribution in [3.8, 4) is 0 Å². The van der Waals surface area contributed by atoms with Crippen LogP contribution in [0.15, 0.2) is 24.3 Å². The van der Waals surface area contributed by atoms with Crippen LogP contribution in [0.1, 0.15) is 25.3 Å². The van der Waals surface area contributed by atoms with Crippen molar-refractivity contribution < 1.29 is 14.2 Å². The number of ether oxygens (including phenoxy) is 1. The molecule has 0 spiro atoms. The Bertz CT molecular complexity index is 310. The zero-order valence-corrected chi connectivity index (χ0v) is 9.16. The SMILES string of the molecule is COCCCC(C)(O)c1ccccc1F. The minimum Gasteiger partial charge on any atom is -0.385 e. The van der Waals surface area contributed by atoms with Gasteiger partial charge in [-0.2, -0.15) is 0 Å². The molecule has 2 nitrogen and oxygen atoms in total. The van der Waals surface area contributed by atoms with Crippen molar-refractivity contribution >= 4 is 0 Å². The van der Waals surface area contributed by atoms with Crippen molar-refractivity contribution in [3.63, 3.8) is 0 Å². The van der Waals surface area contributed by atoms with E-state index in [9.17, 15) is 9.50 Å². The lowest BCUT2D eigenvalue weighted by atomic mass is 9.91. The van der Waals surface area contributed by atoms with Gasteiger partial charge in [-0.1, -0.05) is 18.2 Å². The molecule has 0 saturated carbocycles. The number of rotatable bonds is 5. The molecule has 84 valence electrons. The Hall–Kier alpha value is -0.930. The highest BCUT2D eigenvalue weighted by atomic mass is 19.1. The molecule has 0 fully saturated rings. The maximum Gasteiger partial charge on any atom is 0.129 e. The third-order valence-corrected chi connectivity index (χ3v) is 2.47. The van der Waals surface area contributed by atoms with E-state index in [-0.39, 0.29) is 5.82 Å². The summed E-state index contributed by atoms with van der Waals surface area (Å²) in [6.07, 6.45) is 1.19. The summed E-state index contributed by atoms with van der Waals surface area (Å²) in [5, 5.41) is 10.1. The van der Waals surface area contributed by atoms with Crippen LogP contribution < -0.4 is 0 Å². The van der Waals surface area contributed by atoms with Crippen LogP contribution in [0.4, 0.5) is 4.39 Å². The van der Waals surface area contributed by atoms with Gasteiger partial charge in [-0.25, -0.2) is 4.39 Å². The fourth-order valence-corrected chi connectivity index (χ4v) is 1.59. The zero-order valence-electron chi connectivity index (χ0n) is 9.16. The second-order valence-corrected chi connectivity index (χ2v) is 3.85. The van der Waals surface area contributed by atoms with Crippen LogP contribution in [-0.4, -0.2) is 18.8 Å². The molecule has 0 saturated heterocycles. The van der Waals surface area contributed by atoms with Crippen molar-refractivity contribution in [2.75, 3.05) is 13.7 Å². The smallest absolute Gasteiger partial charge is 0.129 e. The van der Waals surface area contributed by atoms with Crippen molar-refractivity contribution in [2.45, 2.75) is 25.4 Å². The van der Waals surface area contributed by atoms with E-state index in [2.05, 4.69) is 0 Å². The molecule has 0 heterocycles. The van der Waals surface area contributed by atoms with Gasteiger partial charge in [-0.05, 0) is 25.8 Å². The highest BCUT2D eigenvalue weighted by Gasteiger charge is 2.25. The molecule has 0 amide bonds. The molecule has 0 aliphatic carbocycles. The van der Waals surface area contributed by atoms with E-state index >= 15 is 0 Å². The Kier molecular flexibility index (Phi) is 4.24. The number of benzene rings is 1. The number of methoxy groups -OCH3 is 1. The fourth-order valence-electron chi connectivity index (χ4n) is 1.59. The molecule has 1 aromatic rings. The average molecular weight is 212 g/mol. The topological polar surface area (TPSA) is 29.5 Å². The Balaban J connectivity index is 2.72. The summed E-state index contributed by atoms with van der Waals surface area (Å²) in [7, 11) is 1.61. The van der Waals surface area contributed by atoms with E-state index in [0.29, 0.717) is 25.0 Å². The molecule has 1 aromatic carbocycles. The first-order chi connectivity index (χ1) is 7.08. The van der Waals surface area contributed by atoms with E-state index in [1.54, 1.807) is 32.2 Å². The van der Waals surface area contributed by atoms with Crippen LogP contribution in [0, 0.1) is 5.82 Å². The van der Waals surface area contributed by atoms with Crippen LogP contribution in [0.2, 0.25) is 0 Å². The average Bonchev–Trinajstić information content (AvgIpc) is 2.18. The molecular weight excluding hydrogens is 195 g/mol. The summed E-state index contributed by atoms with van der Waals surface area (Å²) in [6, 6.07) is 6.32. The van der Waals surface area contributed by atoms with Gasteiger partial charge in [0.05, 0.1) is 5.60 Å². The van der Waals surface area contributed by atoms with Gasteiger partial charge in [0.25, 0.3) is 0 Å². The summed E-state index contributed by atoms with van der Waals surface area (Å²) < 4.78 is 18.3. The maximum atomic E-state index is 13.4. The zero-order chi connectivity index (χ0) is 11.3. The molecule has 0 radical (unpaired) electrons. The fraction of sp³-hybridized carbons (Fsp3) is 0.500. The number of hydrogen-bond donors (Lipinski definition) is 1. The second kappa shape index (κ2) is 5.24. The molecule has 1 unspecified atom stereocenters. The lowest BCUT2D eigenvalue weighted by molar-refractivity contribution is 0.0339. The second-order valence-electron chi connectivity index (χ2n) is 3.85. The molecule has 0 aliphatic heterocycles. The third-order valence-electron chi connectivity index (χ3n) is 2.47. The summed E-state index contributed by atoms with van der Waals surface area (Å²) in [6.45, 7) is 2.20. The Morgan fingerprint density at radius 2 is 2.07 bits per heavy atom. The van der Waals surface area contributed by atoms with Gasteiger partial charge in [0.1, 0.15) is 5.82 Å². The van der Waals surface area contributed by atoms with Gasteiger partial charge in [-0.3, -0.25) is 0 Å². The van der Waals surface area contributed by atoms with Crippen LogP contribution in [0.25, 0.3) is 0 Å². The minimum atomic E-state index is -1.12. The van der Waals surface area contributed by atoms with Gasteiger partial charge in [0.15, 0.2) is 0 Å². The summed E-state index contributed by atoms with van der Waals surface area (Å²) >= 11 is 0. The summed E-state index contributed by atoms with van der Waals surface area (Å²) in [5.41, 5.74) is -0.773. The van der Waals surface area contributed by atoms with E-state index < -0.39 is 5.60 Å². The predicted octanol–water partition coefficient (Wildman–Crippen LogP) is 2.46. The molecule has 15 heavy (non-hydrogen) atoms. The van der Waals surface area contributed by atoms with Crippen molar-refractivity contribution in [1.29, 1.82) is 0 Å². The van der Waals surface area contributed by atoms with E-state index in [1.807, 2.05) is 0 Å². The number of hydrogen-bond acceptors (Lipinski definition) is 2. The van der Waals surface area contributed by atoms with E-state index in [0.717, 1.165) is 0 Å². The molecule has 0 bridgehead atoms. The Labute approximate surface area is 89.7 Å². The largest absolute Gasteiger partial charge is 0.385 e. The first-order valence-corrected chi connectivity index (χ1v) is 5.04. The number of halogens is 1. The molecular formula is C12H17FO2. The number of aliphatic hydroxyl groups is 1. The standard InChI is InChI=1S/C12H17FO2/c1-12(14,8-5-9-15-2)10-6-3-4-7-11(10)13/h3-4,6-7,14H,5,8-9H2,1-2H3. The molecule has 0 aromatic heterocycles. The maximum absolute atomic E-state index is 13.4. The van der Waals surface area contributed by atoms with Crippen LogP contribution in [0.5, 0.6) is 0 Å². The van der Waals surface area contributed by atoms with Crippen LogP contribution >= 0.6 is 0 Å². The highest BCUT2D eigenvalue weighted by Crippen LogP contribution is 2.27. The van der Waals surface area contributed by atoms with Crippen molar-refractivity contribution in [1.82, 2.24) is 0 Å². The predicted molar refractivity (Wildman–Crippen MR) is 57.1 cm³/mol. The first-order valence-electron chi connectivity index (χ1n) is 5.04. The highest BCUT2D eigenvalue weighted by molar-refractivity contribution is 5.23. The molecule has 1 N–H and O–H groups in total. The summed E-state index contributed by atoms with van der Waals surface area (Å²) in [5.74, 6) is -0.361. The van der Waals surface area contributed by atoms with Crippen molar-refractivity contribution in [2.24, 2.45) is 0 Å².